The van der Waals surface area contributed by atoms with E-state index < -0.39 is 6.04 Å². The molecule has 2 aromatic rings. The molecule has 0 aliphatic rings. The Morgan fingerprint density at radius 3 is 2.30 bits per heavy atom. The highest BCUT2D eigenvalue weighted by atomic mass is 35.5. The summed E-state index contributed by atoms with van der Waals surface area (Å²) in [6.45, 7) is 6.68. The van der Waals surface area contributed by atoms with Gasteiger partial charge in [-0.1, -0.05) is 79.8 Å². The van der Waals surface area contributed by atoms with Crippen LogP contribution in [-0.2, 0) is 22.6 Å². The minimum atomic E-state index is -0.620. The number of nitrogens with zero attached hydrogens (tertiary/aromatic N) is 1. The smallest absolute Gasteiger partial charge is 0.242 e. The molecule has 0 saturated heterocycles. The van der Waals surface area contributed by atoms with Crippen LogP contribution in [0.25, 0.3) is 0 Å². The molecule has 2 aromatic carbocycles. The number of hydrogen-bond donors (Lipinski definition) is 1. The molecule has 0 aliphatic heterocycles. The molecule has 0 spiro atoms. The van der Waals surface area contributed by atoms with Crippen molar-refractivity contribution >= 4 is 46.6 Å². The molecule has 0 heterocycles. The molecule has 0 bridgehead atoms. The van der Waals surface area contributed by atoms with Gasteiger partial charge in [0.05, 0.1) is 6.42 Å². The minimum absolute atomic E-state index is 0.0961. The maximum atomic E-state index is 13.3. The molecule has 1 unspecified atom stereocenters. The van der Waals surface area contributed by atoms with Crippen LogP contribution in [0.4, 0.5) is 0 Å². The fraction of sp³-hybridized carbons (Fsp3) is 0.391. The molecule has 0 fully saturated rings. The van der Waals surface area contributed by atoms with Gasteiger partial charge in [0.25, 0.3) is 0 Å². The van der Waals surface area contributed by atoms with E-state index in [0.717, 1.165) is 5.56 Å². The Balaban J connectivity index is 2.33. The number of amides is 2. The van der Waals surface area contributed by atoms with Gasteiger partial charge in [-0.3, -0.25) is 9.59 Å². The summed E-state index contributed by atoms with van der Waals surface area (Å²) in [4.78, 5) is 27.8. The molecule has 2 rings (SSSR count). The van der Waals surface area contributed by atoms with Gasteiger partial charge in [0.1, 0.15) is 6.04 Å². The number of nitrogens with one attached hydrogen (secondary N) is 1. The van der Waals surface area contributed by atoms with Crippen molar-refractivity contribution in [2.75, 3.05) is 6.54 Å². The van der Waals surface area contributed by atoms with Crippen LogP contribution < -0.4 is 5.32 Å². The van der Waals surface area contributed by atoms with Crippen LogP contribution in [0.5, 0.6) is 0 Å². The second-order valence-corrected chi connectivity index (χ2v) is 8.84. The van der Waals surface area contributed by atoms with Gasteiger partial charge in [0.2, 0.25) is 11.8 Å². The van der Waals surface area contributed by atoms with E-state index in [-0.39, 0.29) is 24.8 Å². The number of rotatable bonds is 9. The summed E-state index contributed by atoms with van der Waals surface area (Å²) in [6, 6.07) is 11.7. The van der Waals surface area contributed by atoms with Gasteiger partial charge in [-0.15, -0.1) is 0 Å². The molecule has 4 nitrogen and oxygen atoms in total. The Morgan fingerprint density at radius 1 is 1.00 bits per heavy atom. The third-order valence-electron chi connectivity index (χ3n) is 4.73. The van der Waals surface area contributed by atoms with E-state index in [9.17, 15) is 9.59 Å². The van der Waals surface area contributed by atoms with Crippen LogP contribution in [-0.4, -0.2) is 29.3 Å². The van der Waals surface area contributed by atoms with Crippen LogP contribution in [0.2, 0.25) is 15.1 Å². The molecule has 0 saturated carbocycles. The monoisotopic (exact) mass is 468 g/mol. The van der Waals surface area contributed by atoms with E-state index in [1.807, 2.05) is 39.0 Å². The summed E-state index contributed by atoms with van der Waals surface area (Å²) < 4.78 is 0. The first-order valence-corrected chi connectivity index (χ1v) is 11.1. The number of benzene rings is 2. The highest BCUT2D eigenvalue weighted by Crippen LogP contribution is 2.25. The summed E-state index contributed by atoms with van der Waals surface area (Å²) in [5, 5.41) is 4.43. The fourth-order valence-electron chi connectivity index (χ4n) is 3.08. The predicted molar refractivity (Wildman–Crippen MR) is 124 cm³/mol. The van der Waals surface area contributed by atoms with Gasteiger partial charge in [0.15, 0.2) is 0 Å². The van der Waals surface area contributed by atoms with Crippen molar-refractivity contribution in [3.8, 4) is 0 Å². The maximum absolute atomic E-state index is 13.3. The normalized spacial score (nSPS) is 12.0. The zero-order chi connectivity index (χ0) is 22.3. The summed E-state index contributed by atoms with van der Waals surface area (Å²) in [5.74, 6) is -0.0612. The van der Waals surface area contributed by atoms with Crippen molar-refractivity contribution in [3.63, 3.8) is 0 Å². The lowest BCUT2D eigenvalue weighted by atomic mass is 10.1. The molecule has 2 amide bonds. The number of carbonyl (C=O) groups is 2. The highest BCUT2D eigenvalue weighted by molar-refractivity contribution is 6.35. The summed E-state index contributed by atoms with van der Waals surface area (Å²) >= 11 is 18.6. The van der Waals surface area contributed by atoms with Crippen LogP contribution >= 0.6 is 34.8 Å². The third-order valence-corrected chi connectivity index (χ3v) is 5.68. The largest absolute Gasteiger partial charge is 0.354 e. The van der Waals surface area contributed by atoms with E-state index in [0.29, 0.717) is 39.5 Å². The van der Waals surface area contributed by atoms with Gasteiger partial charge in [-0.05, 0) is 41.7 Å². The quantitative estimate of drug-likeness (QED) is 0.507. The van der Waals surface area contributed by atoms with Crippen LogP contribution in [0, 0.1) is 5.92 Å². The maximum Gasteiger partial charge on any atom is 0.242 e. The van der Waals surface area contributed by atoms with Crippen molar-refractivity contribution in [3.05, 3.63) is 68.7 Å². The van der Waals surface area contributed by atoms with E-state index in [4.69, 9.17) is 34.8 Å². The van der Waals surface area contributed by atoms with Crippen molar-refractivity contribution in [2.45, 2.75) is 46.2 Å². The van der Waals surface area contributed by atoms with E-state index in [1.165, 1.54) is 0 Å². The zero-order valence-electron chi connectivity index (χ0n) is 17.4. The van der Waals surface area contributed by atoms with Gasteiger partial charge in [-0.25, -0.2) is 0 Å². The predicted octanol–water partition coefficient (Wildman–Crippen LogP) is 5.77. The average molecular weight is 470 g/mol. The number of halogens is 3. The van der Waals surface area contributed by atoms with E-state index in [2.05, 4.69) is 5.32 Å². The first-order valence-electron chi connectivity index (χ1n) is 9.97. The van der Waals surface area contributed by atoms with Gasteiger partial charge in [0, 0.05) is 28.2 Å². The molecular weight excluding hydrogens is 443 g/mol. The van der Waals surface area contributed by atoms with Crippen molar-refractivity contribution in [2.24, 2.45) is 5.92 Å². The zero-order valence-corrected chi connectivity index (χ0v) is 19.7. The number of carbonyl (C=O) groups excluding carboxylic acids is 2. The Hall–Kier alpha value is -1.75. The fourth-order valence-corrected chi connectivity index (χ4v) is 3.75. The summed E-state index contributed by atoms with van der Waals surface area (Å²) in [6.07, 6.45) is 0.572. The van der Waals surface area contributed by atoms with Crippen LogP contribution in [0.3, 0.4) is 0 Å². The topological polar surface area (TPSA) is 49.4 Å². The van der Waals surface area contributed by atoms with Gasteiger partial charge < -0.3 is 10.2 Å². The Bertz CT molecular complexity index is 887. The Morgan fingerprint density at radius 2 is 1.70 bits per heavy atom. The SMILES string of the molecule is CCC(C(=O)NCC(C)C)N(Cc1ccc(Cl)cc1Cl)C(=O)Cc1ccccc1Cl. The molecule has 0 aromatic heterocycles. The molecule has 30 heavy (non-hydrogen) atoms. The van der Waals surface area contributed by atoms with Crippen molar-refractivity contribution < 1.29 is 9.59 Å². The molecule has 7 heteroatoms. The lowest BCUT2D eigenvalue weighted by Crippen LogP contribution is -2.50. The second-order valence-electron chi connectivity index (χ2n) is 7.59. The minimum Gasteiger partial charge on any atom is -0.354 e. The molecule has 1 atom stereocenters. The third kappa shape index (κ3) is 6.90. The molecule has 0 aliphatic carbocycles. The average Bonchev–Trinajstić information content (AvgIpc) is 2.69. The molecule has 162 valence electrons. The van der Waals surface area contributed by atoms with Crippen LogP contribution in [0.15, 0.2) is 42.5 Å². The molecular formula is C23H27Cl3N2O2. The standard InChI is InChI=1S/C23H27Cl3N2O2/c1-4-21(23(30)27-13-15(2)3)28(14-17-9-10-18(24)12-20(17)26)22(29)11-16-7-5-6-8-19(16)25/h5-10,12,15,21H,4,11,13-14H2,1-3H3,(H,27,30). The Kier molecular flexibility index (Phi) is 9.47. The van der Waals surface area contributed by atoms with Gasteiger partial charge >= 0.3 is 0 Å². The summed E-state index contributed by atoms with van der Waals surface area (Å²) in [7, 11) is 0. The molecule has 0 radical (unpaired) electrons. The van der Waals surface area contributed by atoms with E-state index in [1.54, 1.807) is 29.2 Å². The van der Waals surface area contributed by atoms with Crippen LogP contribution in [0.1, 0.15) is 38.3 Å². The molecule has 1 N–H and O–H groups in total. The number of hydrogen-bond acceptors (Lipinski definition) is 2. The Labute approximate surface area is 193 Å². The first-order chi connectivity index (χ1) is 14.2. The van der Waals surface area contributed by atoms with Crippen molar-refractivity contribution in [1.82, 2.24) is 10.2 Å². The second kappa shape index (κ2) is 11.6. The van der Waals surface area contributed by atoms with E-state index >= 15 is 0 Å². The summed E-state index contributed by atoms with van der Waals surface area (Å²) in [5.41, 5.74) is 1.44. The van der Waals surface area contributed by atoms with Gasteiger partial charge in [-0.2, -0.15) is 0 Å². The van der Waals surface area contributed by atoms with Crippen molar-refractivity contribution in [1.29, 1.82) is 0 Å². The lowest BCUT2D eigenvalue weighted by molar-refractivity contribution is -0.141. The first kappa shape index (κ1) is 24.5. The highest BCUT2D eigenvalue weighted by Gasteiger charge is 2.29. The lowest BCUT2D eigenvalue weighted by Gasteiger charge is -2.31.